The molecule has 96 valence electrons. The average Bonchev–Trinajstić information content (AvgIpc) is 2.45. The first kappa shape index (κ1) is 13.1. The zero-order valence-corrected chi connectivity index (χ0v) is 10.7. The van der Waals surface area contributed by atoms with Gasteiger partial charge in [0.2, 0.25) is 0 Å². The van der Waals surface area contributed by atoms with Gasteiger partial charge in [-0.3, -0.25) is 0 Å². The fourth-order valence-corrected chi connectivity index (χ4v) is 1.99. The quantitative estimate of drug-likeness (QED) is 0.884. The van der Waals surface area contributed by atoms with E-state index in [1.165, 1.54) is 6.07 Å². The molecule has 1 atom stereocenters. The van der Waals surface area contributed by atoms with Crippen molar-refractivity contribution in [3.05, 3.63) is 65.5 Å². The molecule has 2 aromatic carbocycles. The topological polar surface area (TPSA) is 35.8 Å². The van der Waals surface area contributed by atoms with E-state index in [9.17, 15) is 4.39 Å². The van der Waals surface area contributed by atoms with Crippen LogP contribution >= 0.6 is 0 Å². The molecular formula is C16H15FN2. The smallest absolute Gasteiger partial charge is 0.123 e. The normalized spacial score (nSPS) is 11.6. The Kier molecular flexibility index (Phi) is 4.15. The molecule has 0 spiro atoms. The van der Waals surface area contributed by atoms with Crippen molar-refractivity contribution in [1.29, 1.82) is 5.26 Å². The molecule has 0 saturated carbocycles. The summed E-state index contributed by atoms with van der Waals surface area (Å²) < 4.78 is 13.2. The molecule has 0 bridgehead atoms. The third kappa shape index (κ3) is 3.32. The number of nitrogens with one attached hydrogen (secondary N) is 1. The van der Waals surface area contributed by atoms with Crippen LogP contribution in [0.4, 0.5) is 10.1 Å². The second kappa shape index (κ2) is 6.01. The van der Waals surface area contributed by atoms with Crippen molar-refractivity contribution in [3.63, 3.8) is 0 Å². The number of nitriles is 1. The van der Waals surface area contributed by atoms with Crippen LogP contribution in [0.2, 0.25) is 0 Å². The summed E-state index contributed by atoms with van der Waals surface area (Å²) in [6, 6.07) is 16.0. The first-order valence-corrected chi connectivity index (χ1v) is 6.25. The van der Waals surface area contributed by atoms with Gasteiger partial charge in [-0.25, -0.2) is 4.39 Å². The lowest BCUT2D eigenvalue weighted by Gasteiger charge is -2.19. The van der Waals surface area contributed by atoms with Crippen LogP contribution in [0.3, 0.4) is 0 Å². The van der Waals surface area contributed by atoms with E-state index in [2.05, 4.69) is 11.4 Å². The Balaban J connectivity index is 2.17. The minimum atomic E-state index is -0.224. The molecule has 1 N–H and O–H groups in total. The Bertz CT molecular complexity index is 584. The van der Waals surface area contributed by atoms with Crippen molar-refractivity contribution in [1.82, 2.24) is 0 Å². The predicted octanol–water partition coefficient (Wildman–Crippen LogP) is 4.26. The molecule has 3 heteroatoms. The number of halogens is 1. The third-order valence-corrected chi connectivity index (χ3v) is 3.01. The molecule has 2 nitrogen and oxygen atoms in total. The molecule has 0 saturated heterocycles. The summed E-state index contributed by atoms with van der Waals surface area (Å²) in [4.78, 5) is 0. The molecule has 1 unspecified atom stereocenters. The Morgan fingerprint density at radius 1 is 1.21 bits per heavy atom. The average molecular weight is 254 g/mol. The lowest BCUT2D eigenvalue weighted by molar-refractivity contribution is 0.621. The zero-order valence-electron chi connectivity index (χ0n) is 10.7. The number of anilines is 1. The van der Waals surface area contributed by atoms with Gasteiger partial charge in [0.1, 0.15) is 5.82 Å². The van der Waals surface area contributed by atoms with Crippen molar-refractivity contribution in [2.24, 2.45) is 0 Å². The Labute approximate surface area is 112 Å². The molecule has 0 amide bonds. The van der Waals surface area contributed by atoms with Gasteiger partial charge in [-0.05, 0) is 48.4 Å². The van der Waals surface area contributed by atoms with Crippen molar-refractivity contribution in [2.75, 3.05) is 5.32 Å². The SMILES string of the molecule is CCC(Nc1ccc(C#N)cc1)c1cccc(F)c1. The Morgan fingerprint density at radius 3 is 2.53 bits per heavy atom. The second-order valence-electron chi connectivity index (χ2n) is 4.35. The van der Waals surface area contributed by atoms with Crippen LogP contribution in [0.1, 0.15) is 30.5 Å². The van der Waals surface area contributed by atoms with Gasteiger partial charge in [-0.1, -0.05) is 19.1 Å². The first-order valence-electron chi connectivity index (χ1n) is 6.25. The molecular weight excluding hydrogens is 239 g/mol. The van der Waals surface area contributed by atoms with Crippen LogP contribution in [0.25, 0.3) is 0 Å². The van der Waals surface area contributed by atoms with E-state index >= 15 is 0 Å². The maximum atomic E-state index is 13.2. The summed E-state index contributed by atoms with van der Waals surface area (Å²) in [5, 5.41) is 12.1. The van der Waals surface area contributed by atoms with Gasteiger partial charge in [0.15, 0.2) is 0 Å². The van der Waals surface area contributed by atoms with E-state index < -0.39 is 0 Å². The lowest BCUT2D eigenvalue weighted by Crippen LogP contribution is -2.09. The molecule has 0 radical (unpaired) electrons. The summed E-state index contributed by atoms with van der Waals surface area (Å²) in [6.07, 6.45) is 0.851. The number of benzene rings is 2. The molecule has 19 heavy (non-hydrogen) atoms. The molecule has 2 rings (SSSR count). The fraction of sp³-hybridized carbons (Fsp3) is 0.188. The summed E-state index contributed by atoms with van der Waals surface area (Å²) in [6.45, 7) is 2.05. The standard InChI is InChI=1S/C16H15FN2/c1-2-16(13-4-3-5-14(17)10-13)19-15-8-6-12(11-18)7-9-15/h3-10,16,19H,2H2,1H3. The molecule has 0 fully saturated rings. The van der Waals surface area contributed by atoms with Crippen molar-refractivity contribution in [2.45, 2.75) is 19.4 Å². The summed E-state index contributed by atoms with van der Waals surface area (Å²) in [5.41, 5.74) is 2.48. The van der Waals surface area contributed by atoms with E-state index in [4.69, 9.17) is 5.26 Å². The van der Waals surface area contributed by atoms with Crippen LogP contribution in [-0.2, 0) is 0 Å². The summed E-state index contributed by atoms with van der Waals surface area (Å²) in [5.74, 6) is -0.224. The largest absolute Gasteiger partial charge is 0.378 e. The van der Waals surface area contributed by atoms with Gasteiger partial charge in [-0.2, -0.15) is 5.26 Å². The van der Waals surface area contributed by atoms with Gasteiger partial charge in [0.05, 0.1) is 17.7 Å². The maximum Gasteiger partial charge on any atom is 0.123 e. The fourth-order valence-electron chi connectivity index (χ4n) is 1.99. The van der Waals surface area contributed by atoms with E-state index in [-0.39, 0.29) is 11.9 Å². The number of hydrogen-bond acceptors (Lipinski definition) is 2. The minimum absolute atomic E-state index is 0.0589. The highest BCUT2D eigenvalue weighted by molar-refractivity contribution is 5.48. The monoisotopic (exact) mass is 254 g/mol. The van der Waals surface area contributed by atoms with Gasteiger partial charge in [-0.15, -0.1) is 0 Å². The third-order valence-electron chi connectivity index (χ3n) is 3.01. The highest BCUT2D eigenvalue weighted by atomic mass is 19.1. The highest BCUT2D eigenvalue weighted by Gasteiger charge is 2.09. The molecule has 0 aliphatic rings. The van der Waals surface area contributed by atoms with Crippen LogP contribution < -0.4 is 5.32 Å². The van der Waals surface area contributed by atoms with Crippen molar-refractivity contribution >= 4 is 5.69 Å². The molecule has 0 heterocycles. The van der Waals surface area contributed by atoms with Gasteiger partial charge in [0, 0.05) is 5.69 Å². The Hall–Kier alpha value is -2.34. The lowest BCUT2D eigenvalue weighted by atomic mass is 10.0. The van der Waals surface area contributed by atoms with Crippen molar-refractivity contribution in [3.8, 4) is 6.07 Å². The number of nitrogens with zero attached hydrogens (tertiary/aromatic N) is 1. The van der Waals surface area contributed by atoms with E-state index in [0.29, 0.717) is 5.56 Å². The van der Waals surface area contributed by atoms with Crippen LogP contribution in [0.15, 0.2) is 48.5 Å². The van der Waals surface area contributed by atoms with E-state index in [1.54, 1.807) is 24.3 Å². The van der Waals surface area contributed by atoms with Crippen LogP contribution in [0.5, 0.6) is 0 Å². The Morgan fingerprint density at radius 2 is 1.95 bits per heavy atom. The minimum Gasteiger partial charge on any atom is -0.378 e. The zero-order chi connectivity index (χ0) is 13.7. The van der Waals surface area contributed by atoms with Gasteiger partial charge >= 0.3 is 0 Å². The maximum absolute atomic E-state index is 13.2. The molecule has 0 aliphatic carbocycles. The molecule has 0 aromatic heterocycles. The molecule has 0 aliphatic heterocycles. The summed E-state index contributed by atoms with van der Waals surface area (Å²) >= 11 is 0. The van der Waals surface area contributed by atoms with Gasteiger partial charge in [0.25, 0.3) is 0 Å². The van der Waals surface area contributed by atoms with Gasteiger partial charge < -0.3 is 5.32 Å². The predicted molar refractivity (Wildman–Crippen MR) is 74.2 cm³/mol. The van der Waals surface area contributed by atoms with Crippen molar-refractivity contribution < 1.29 is 4.39 Å². The highest BCUT2D eigenvalue weighted by Crippen LogP contribution is 2.23. The number of rotatable bonds is 4. The summed E-state index contributed by atoms with van der Waals surface area (Å²) in [7, 11) is 0. The second-order valence-corrected chi connectivity index (χ2v) is 4.35. The van der Waals surface area contributed by atoms with Crippen LogP contribution in [0, 0.1) is 17.1 Å². The van der Waals surface area contributed by atoms with E-state index in [0.717, 1.165) is 17.7 Å². The first-order chi connectivity index (χ1) is 9.22. The molecule has 2 aromatic rings. The van der Waals surface area contributed by atoms with Crippen LogP contribution in [-0.4, -0.2) is 0 Å². The van der Waals surface area contributed by atoms with E-state index in [1.807, 2.05) is 25.1 Å². The number of hydrogen-bond donors (Lipinski definition) is 1.